The Bertz CT molecular complexity index is 586. The number of aromatic nitrogens is 1. The molecule has 1 aliphatic heterocycles. The Morgan fingerprint density at radius 3 is 2.36 bits per heavy atom. The third-order valence-corrected chi connectivity index (χ3v) is 4.99. The summed E-state index contributed by atoms with van der Waals surface area (Å²) in [6, 6.07) is 0. The lowest BCUT2D eigenvalue weighted by Crippen LogP contribution is -2.42. The second-order valence-corrected chi connectivity index (χ2v) is 7.12. The number of aromatic amines is 1. The van der Waals surface area contributed by atoms with Gasteiger partial charge >= 0.3 is 0 Å². The second-order valence-electron chi connectivity index (χ2n) is 7.12. The van der Waals surface area contributed by atoms with E-state index in [-0.39, 0.29) is 17.6 Å². The Morgan fingerprint density at radius 2 is 1.86 bits per heavy atom. The van der Waals surface area contributed by atoms with Gasteiger partial charge < -0.3 is 9.88 Å². The second kappa shape index (κ2) is 6.27. The van der Waals surface area contributed by atoms with E-state index >= 15 is 0 Å². The van der Waals surface area contributed by atoms with Crippen molar-refractivity contribution in [1.82, 2.24) is 9.88 Å². The number of hydrogen-bond donors (Lipinski definition) is 1. The minimum Gasteiger partial charge on any atom is -0.354 e. The zero-order valence-electron chi connectivity index (χ0n) is 14.6. The molecule has 1 N–H and O–H groups in total. The maximum Gasteiger partial charge on any atom is 0.270 e. The Balaban J connectivity index is 2.38. The molecule has 1 aromatic rings. The molecule has 0 saturated carbocycles. The van der Waals surface area contributed by atoms with Crippen LogP contribution in [-0.2, 0) is 0 Å². The predicted octanol–water partition coefficient (Wildman–Crippen LogP) is 3.77. The smallest absolute Gasteiger partial charge is 0.270 e. The van der Waals surface area contributed by atoms with E-state index in [9.17, 15) is 9.59 Å². The summed E-state index contributed by atoms with van der Waals surface area (Å²) in [6.07, 6.45) is 1.04. The highest BCUT2D eigenvalue weighted by atomic mass is 16.2. The van der Waals surface area contributed by atoms with Crippen molar-refractivity contribution in [3.8, 4) is 0 Å². The minimum absolute atomic E-state index is 0.0251. The molecule has 0 aromatic carbocycles. The monoisotopic (exact) mass is 304 g/mol. The standard InChI is InChI=1S/C18H28N2O2/c1-10(2)15-16(14(6)21)13(5)19-17(15)18(22)20-8-7-11(3)12(4)9-20/h10-12,19H,7-9H2,1-6H3/t11-,12+/m0/s1. The number of aryl methyl sites for hydroxylation is 1. The van der Waals surface area contributed by atoms with Crippen LogP contribution in [0.1, 0.15) is 79.1 Å². The van der Waals surface area contributed by atoms with Crippen LogP contribution in [0.4, 0.5) is 0 Å². The van der Waals surface area contributed by atoms with E-state index in [0.717, 1.165) is 30.8 Å². The van der Waals surface area contributed by atoms with Crippen molar-refractivity contribution in [2.24, 2.45) is 11.8 Å². The summed E-state index contributed by atoms with van der Waals surface area (Å²) < 4.78 is 0. The van der Waals surface area contributed by atoms with E-state index in [1.165, 1.54) is 0 Å². The quantitative estimate of drug-likeness (QED) is 0.864. The lowest BCUT2D eigenvalue weighted by Gasteiger charge is -2.35. The molecule has 1 aliphatic rings. The first kappa shape index (κ1) is 16.8. The molecule has 2 rings (SSSR count). The molecular weight excluding hydrogens is 276 g/mol. The molecule has 1 saturated heterocycles. The topological polar surface area (TPSA) is 53.2 Å². The predicted molar refractivity (Wildman–Crippen MR) is 88.5 cm³/mol. The van der Waals surface area contributed by atoms with Gasteiger partial charge in [-0.1, -0.05) is 27.7 Å². The van der Waals surface area contributed by atoms with Crippen molar-refractivity contribution in [3.63, 3.8) is 0 Å². The fraction of sp³-hybridized carbons (Fsp3) is 0.667. The number of piperidine rings is 1. The van der Waals surface area contributed by atoms with Gasteiger partial charge in [0.1, 0.15) is 5.69 Å². The fourth-order valence-electron chi connectivity index (χ4n) is 3.45. The number of nitrogens with zero attached hydrogens (tertiary/aromatic N) is 1. The first-order chi connectivity index (χ1) is 10.2. The van der Waals surface area contributed by atoms with Crippen LogP contribution in [-0.4, -0.2) is 34.7 Å². The van der Waals surface area contributed by atoms with Crippen molar-refractivity contribution < 1.29 is 9.59 Å². The van der Waals surface area contributed by atoms with Gasteiger partial charge in [0, 0.05) is 24.3 Å². The number of H-pyrrole nitrogens is 1. The van der Waals surface area contributed by atoms with Gasteiger partial charge in [0.15, 0.2) is 5.78 Å². The van der Waals surface area contributed by atoms with E-state index in [1.807, 2.05) is 25.7 Å². The van der Waals surface area contributed by atoms with E-state index in [1.54, 1.807) is 6.92 Å². The van der Waals surface area contributed by atoms with E-state index in [2.05, 4.69) is 18.8 Å². The van der Waals surface area contributed by atoms with Crippen molar-refractivity contribution in [2.75, 3.05) is 13.1 Å². The van der Waals surface area contributed by atoms with Gasteiger partial charge in [0.25, 0.3) is 5.91 Å². The molecule has 1 aromatic heterocycles. The summed E-state index contributed by atoms with van der Waals surface area (Å²) in [7, 11) is 0. The third-order valence-electron chi connectivity index (χ3n) is 4.99. The average molecular weight is 304 g/mol. The highest BCUT2D eigenvalue weighted by Crippen LogP contribution is 2.30. The van der Waals surface area contributed by atoms with Gasteiger partial charge in [-0.2, -0.15) is 0 Å². The van der Waals surface area contributed by atoms with E-state index in [4.69, 9.17) is 0 Å². The Labute approximate surface area is 133 Å². The zero-order valence-corrected chi connectivity index (χ0v) is 14.6. The summed E-state index contributed by atoms with van der Waals surface area (Å²) in [4.78, 5) is 30.0. The Kier molecular flexibility index (Phi) is 4.78. The minimum atomic E-state index is 0.0251. The van der Waals surface area contributed by atoms with Crippen LogP contribution in [0, 0.1) is 18.8 Å². The van der Waals surface area contributed by atoms with Crippen LogP contribution < -0.4 is 0 Å². The summed E-state index contributed by atoms with van der Waals surface area (Å²) in [5.74, 6) is 1.38. The van der Waals surface area contributed by atoms with Crippen molar-refractivity contribution in [3.05, 3.63) is 22.5 Å². The van der Waals surface area contributed by atoms with Gasteiger partial charge in [0.05, 0.1) is 0 Å². The average Bonchev–Trinajstić information content (AvgIpc) is 2.79. The molecule has 4 nitrogen and oxygen atoms in total. The molecule has 0 bridgehead atoms. The fourth-order valence-corrected chi connectivity index (χ4v) is 3.45. The molecule has 2 atom stereocenters. The number of amides is 1. The van der Waals surface area contributed by atoms with E-state index in [0.29, 0.717) is 23.1 Å². The highest BCUT2D eigenvalue weighted by Gasteiger charge is 2.31. The van der Waals surface area contributed by atoms with Crippen LogP contribution in [0.2, 0.25) is 0 Å². The summed E-state index contributed by atoms with van der Waals surface area (Å²) in [6.45, 7) is 13.6. The normalized spacial score (nSPS) is 22.2. The lowest BCUT2D eigenvalue weighted by atomic mass is 9.88. The molecular formula is C18H28N2O2. The van der Waals surface area contributed by atoms with Crippen LogP contribution in [0.5, 0.6) is 0 Å². The Hall–Kier alpha value is -1.58. The van der Waals surface area contributed by atoms with Crippen molar-refractivity contribution in [2.45, 2.75) is 53.9 Å². The van der Waals surface area contributed by atoms with Gasteiger partial charge in [-0.25, -0.2) is 0 Å². The number of nitrogens with one attached hydrogen (secondary N) is 1. The molecule has 0 unspecified atom stereocenters. The SMILES string of the molecule is CC(=O)c1c(C)[nH]c(C(=O)N2CC[C@H](C)[C@H](C)C2)c1C(C)C. The van der Waals surface area contributed by atoms with Crippen molar-refractivity contribution in [1.29, 1.82) is 0 Å². The molecule has 1 fully saturated rings. The largest absolute Gasteiger partial charge is 0.354 e. The zero-order chi connectivity index (χ0) is 16.6. The highest BCUT2D eigenvalue weighted by molar-refractivity contribution is 6.03. The number of Topliss-reactive ketones (excluding diaryl/α,β-unsaturated/α-hetero) is 1. The van der Waals surface area contributed by atoms with Gasteiger partial charge in [-0.15, -0.1) is 0 Å². The first-order valence-electron chi connectivity index (χ1n) is 8.26. The molecule has 1 amide bonds. The van der Waals surface area contributed by atoms with Crippen LogP contribution in [0.3, 0.4) is 0 Å². The van der Waals surface area contributed by atoms with Crippen LogP contribution >= 0.6 is 0 Å². The number of rotatable bonds is 3. The summed E-state index contributed by atoms with van der Waals surface area (Å²) in [5.41, 5.74) is 2.98. The summed E-state index contributed by atoms with van der Waals surface area (Å²) >= 11 is 0. The Morgan fingerprint density at radius 1 is 1.23 bits per heavy atom. The number of carbonyl (C=O) groups is 2. The summed E-state index contributed by atoms with van der Waals surface area (Å²) in [5, 5.41) is 0. The molecule has 122 valence electrons. The molecule has 0 aliphatic carbocycles. The van der Waals surface area contributed by atoms with Gasteiger partial charge in [-0.3, -0.25) is 9.59 Å². The molecule has 0 spiro atoms. The molecule has 4 heteroatoms. The van der Waals surface area contributed by atoms with Gasteiger partial charge in [0.2, 0.25) is 0 Å². The molecule has 2 heterocycles. The number of carbonyl (C=O) groups excluding carboxylic acids is 2. The third kappa shape index (κ3) is 2.96. The maximum absolute atomic E-state index is 12.9. The van der Waals surface area contributed by atoms with Crippen LogP contribution in [0.15, 0.2) is 0 Å². The first-order valence-corrected chi connectivity index (χ1v) is 8.26. The maximum atomic E-state index is 12.9. The number of ketones is 1. The number of likely N-dealkylation sites (tertiary alicyclic amines) is 1. The molecule has 0 radical (unpaired) electrons. The van der Waals surface area contributed by atoms with E-state index < -0.39 is 0 Å². The lowest BCUT2D eigenvalue weighted by molar-refractivity contribution is 0.0620. The van der Waals surface area contributed by atoms with Crippen LogP contribution in [0.25, 0.3) is 0 Å². The number of hydrogen-bond acceptors (Lipinski definition) is 2. The molecule has 22 heavy (non-hydrogen) atoms. The van der Waals surface area contributed by atoms with Gasteiger partial charge in [-0.05, 0) is 43.6 Å². The van der Waals surface area contributed by atoms with Crippen molar-refractivity contribution >= 4 is 11.7 Å².